The number of carbonyl (C=O) groups is 4. The fraction of sp³-hybridized carbons (Fsp3) is 0.0667. The number of carboxylic acid groups (broad SMARTS) is 4. The molecule has 150 valence electrons. The Morgan fingerprint density at radius 3 is 1.61 bits per heavy atom. The zero-order chi connectivity index (χ0) is 21.6. The number of hydrogen-bond donors (Lipinski definition) is 4. The summed E-state index contributed by atoms with van der Waals surface area (Å²) in [5, 5.41) is 33.9. The molecular formula is C15H9F3O9S. The molecule has 0 aliphatic heterocycles. The van der Waals surface area contributed by atoms with Gasteiger partial charge in [-0.05, 0) is 30.3 Å². The molecule has 28 heavy (non-hydrogen) atoms. The van der Waals surface area contributed by atoms with Crippen LogP contribution in [-0.4, -0.2) is 50.7 Å². The molecule has 0 unspecified atom stereocenters. The van der Waals surface area contributed by atoms with Crippen molar-refractivity contribution in [1.82, 2.24) is 0 Å². The molecule has 0 saturated carbocycles. The van der Waals surface area contributed by atoms with Gasteiger partial charge in [0.1, 0.15) is 21.1 Å². The van der Waals surface area contributed by atoms with Crippen molar-refractivity contribution in [2.24, 2.45) is 0 Å². The summed E-state index contributed by atoms with van der Waals surface area (Å²) >= 11 is 0.750. The predicted octanol–water partition coefficient (Wildman–Crippen LogP) is 3.13. The summed E-state index contributed by atoms with van der Waals surface area (Å²) in [6, 6.07) is 4.65. The number of aromatic carboxylic acids is 4. The van der Waals surface area contributed by atoms with Gasteiger partial charge in [0.15, 0.2) is 0 Å². The SMILES string of the molecule is O=C(O)c1ccc(C(=O)O)c(OC(F)(F)F)c1.O=C(O)c1ccc(C(=O)O)s1. The van der Waals surface area contributed by atoms with E-state index >= 15 is 0 Å². The van der Waals surface area contributed by atoms with Gasteiger partial charge < -0.3 is 25.2 Å². The van der Waals surface area contributed by atoms with Crippen molar-refractivity contribution >= 4 is 35.2 Å². The van der Waals surface area contributed by atoms with Crippen LogP contribution in [0, 0.1) is 0 Å². The number of halogens is 3. The average molecular weight is 422 g/mol. The first kappa shape index (κ1) is 22.4. The highest BCUT2D eigenvalue weighted by molar-refractivity contribution is 7.15. The molecule has 0 bridgehead atoms. The van der Waals surface area contributed by atoms with Gasteiger partial charge in [0.25, 0.3) is 0 Å². The number of rotatable bonds is 5. The Hall–Kier alpha value is -3.61. The summed E-state index contributed by atoms with van der Waals surface area (Å²) in [6.45, 7) is 0. The Labute approximate surface area is 156 Å². The maximum Gasteiger partial charge on any atom is 0.573 e. The molecule has 2 rings (SSSR count). The minimum atomic E-state index is -5.10. The lowest BCUT2D eigenvalue weighted by Gasteiger charge is -2.11. The third-order valence-electron chi connectivity index (χ3n) is 2.71. The Morgan fingerprint density at radius 1 is 0.786 bits per heavy atom. The van der Waals surface area contributed by atoms with E-state index in [-0.39, 0.29) is 9.75 Å². The van der Waals surface area contributed by atoms with Gasteiger partial charge in [-0.3, -0.25) is 0 Å². The van der Waals surface area contributed by atoms with E-state index in [1.165, 1.54) is 12.1 Å². The second-order valence-electron chi connectivity index (χ2n) is 4.64. The Morgan fingerprint density at radius 2 is 1.29 bits per heavy atom. The van der Waals surface area contributed by atoms with Gasteiger partial charge in [0.05, 0.1) is 5.56 Å². The van der Waals surface area contributed by atoms with E-state index in [0.717, 1.165) is 23.5 Å². The number of carboxylic acids is 4. The fourth-order valence-electron chi connectivity index (χ4n) is 1.61. The molecule has 0 radical (unpaired) electrons. The van der Waals surface area contributed by atoms with Crippen LogP contribution >= 0.6 is 11.3 Å². The van der Waals surface area contributed by atoms with Crippen LogP contribution in [0.15, 0.2) is 30.3 Å². The van der Waals surface area contributed by atoms with Crippen molar-refractivity contribution < 1.29 is 57.5 Å². The number of hydrogen-bond acceptors (Lipinski definition) is 6. The van der Waals surface area contributed by atoms with Gasteiger partial charge in [-0.25, -0.2) is 19.2 Å². The van der Waals surface area contributed by atoms with Crippen LogP contribution in [0.2, 0.25) is 0 Å². The lowest BCUT2D eigenvalue weighted by molar-refractivity contribution is -0.274. The molecule has 1 aromatic heterocycles. The molecule has 0 aliphatic carbocycles. The average Bonchev–Trinajstić information content (AvgIpc) is 3.04. The minimum absolute atomic E-state index is 0.0439. The molecule has 1 aromatic carbocycles. The third kappa shape index (κ3) is 6.60. The van der Waals surface area contributed by atoms with E-state index in [2.05, 4.69) is 4.74 Å². The molecule has 0 atom stereocenters. The van der Waals surface area contributed by atoms with E-state index in [0.29, 0.717) is 6.07 Å². The largest absolute Gasteiger partial charge is 0.573 e. The zero-order valence-corrected chi connectivity index (χ0v) is 14.1. The van der Waals surface area contributed by atoms with E-state index in [1.54, 1.807) is 0 Å². The van der Waals surface area contributed by atoms with E-state index < -0.39 is 47.1 Å². The summed E-state index contributed by atoms with van der Waals surface area (Å²) < 4.78 is 39.3. The van der Waals surface area contributed by atoms with Crippen molar-refractivity contribution in [2.45, 2.75) is 6.36 Å². The van der Waals surface area contributed by atoms with Gasteiger partial charge >= 0.3 is 30.2 Å². The summed E-state index contributed by atoms with van der Waals surface area (Å²) in [5.74, 6) is -6.40. The van der Waals surface area contributed by atoms with Crippen molar-refractivity contribution in [1.29, 1.82) is 0 Å². The third-order valence-corrected chi connectivity index (χ3v) is 3.77. The molecule has 0 saturated heterocycles. The maximum atomic E-state index is 12.0. The molecule has 0 fully saturated rings. The summed E-state index contributed by atoms with van der Waals surface area (Å²) in [4.78, 5) is 41.7. The molecule has 4 N–H and O–H groups in total. The van der Waals surface area contributed by atoms with Crippen LogP contribution < -0.4 is 4.74 Å². The standard InChI is InChI=1S/C9H5F3O5.C6H4O4S/c10-9(11,12)17-6-3-4(7(13)14)1-2-5(6)8(15)16;7-5(8)3-1-2-4(11-3)6(9)10/h1-3H,(H,13,14)(H,15,16);1-2H,(H,7,8)(H,9,10). The maximum absolute atomic E-state index is 12.0. The monoisotopic (exact) mass is 422 g/mol. The molecule has 2 aromatic rings. The van der Waals surface area contributed by atoms with Gasteiger partial charge in [0, 0.05) is 0 Å². The van der Waals surface area contributed by atoms with Crippen LogP contribution in [0.4, 0.5) is 13.2 Å². The van der Waals surface area contributed by atoms with Crippen molar-refractivity contribution in [2.75, 3.05) is 0 Å². The smallest absolute Gasteiger partial charge is 0.478 e. The molecular weight excluding hydrogens is 413 g/mol. The quantitative estimate of drug-likeness (QED) is 0.568. The van der Waals surface area contributed by atoms with Gasteiger partial charge in [-0.15, -0.1) is 24.5 Å². The summed E-state index contributed by atoms with van der Waals surface area (Å²) in [5.41, 5.74) is -1.28. The molecule has 0 amide bonds. The fourth-order valence-corrected chi connectivity index (χ4v) is 2.29. The molecule has 0 spiro atoms. The van der Waals surface area contributed by atoms with Crippen LogP contribution in [0.1, 0.15) is 40.1 Å². The minimum Gasteiger partial charge on any atom is -0.478 e. The Balaban J connectivity index is 0.000000307. The number of alkyl halides is 3. The Kier molecular flexibility index (Phi) is 7.09. The first-order chi connectivity index (χ1) is 12.8. The first-order valence-corrected chi connectivity index (χ1v) is 7.56. The molecule has 0 aliphatic rings. The highest BCUT2D eigenvalue weighted by atomic mass is 32.1. The van der Waals surface area contributed by atoms with Crippen LogP contribution in [0.3, 0.4) is 0 Å². The Bertz CT molecular complexity index is 889. The van der Waals surface area contributed by atoms with Crippen LogP contribution in [0.25, 0.3) is 0 Å². The zero-order valence-electron chi connectivity index (χ0n) is 13.3. The van der Waals surface area contributed by atoms with Gasteiger partial charge in [-0.1, -0.05) is 0 Å². The van der Waals surface area contributed by atoms with Crippen LogP contribution in [0.5, 0.6) is 5.75 Å². The summed E-state index contributed by atoms with van der Waals surface area (Å²) in [7, 11) is 0. The number of thiophene rings is 1. The lowest BCUT2D eigenvalue weighted by Crippen LogP contribution is -2.19. The number of ether oxygens (including phenoxy) is 1. The first-order valence-electron chi connectivity index (χ1n) is 6.74. The van der Waals surface area contributed by atoms with Gasteiger partial charge in [0.2, 0.25) is 0 Å². The lowest BCUT2D eigenvalue weighted by atomic mass is 10.1. The molecule has 9 nitrogen and oxygen atoms in total. The second kappa shape index (κ2) is 8.85. The number of benzene rings is 1. The highest BCUT2D eigenvalue weighted by Gasteiger charge is 2.33. The van der Waals surface area contributed by atoms with E-state index in [4.69, 9.17) is 20.4 Å². The van der Waals surface area contributed by atoms with Crippen LogP contribution in [-0.2, 0) is 0 Å². The summed E-state index contributed by atoms with van der Waals surface area (Å²) in [6.07, 6.45) is -5.10. The molecule has 13 heteroatoms. The van der Waals surface area contributed by atoms with Crippen molar-refractivity contribution in [3.05, 3.63) is 51.2 Å². The van der Waals surface area contributed by atoms with Crippen molar-refractivity contribution in [3.8, 4) is 5.75 Å². The van der Waals surface area contributed by atoms with E-state index in [1.807, 2.05) is 0 Å². The second-order valence-corrected chi connectivity index (χ2v) is 5.73. The predicted molar refractivity (Wildman–Crippen MR) is 85.3 cm³/mol. The van der Waals surface area contributed by atoms with Crippen molar-refractivity contribution in [3.63, 3.8) is 0 Å². The van der Waals surface area contributed by atoms with Gasteiger partial charge in [-0.2, -0.15) is 0 Å². The van der Waals surface area contributed by atoms with E-state index in [9.17, 15) is 32.3 Å². The highest BCUT2D eigenvalue weighted by Crippen LogP contribution is 2.27. The normalized spacial score (nSPS) is 10.4. The topological polar surface area (TPSA) is 158 Å². The molecule has 1 heterocycles.